The lowest BCUT2D eigenvalue weighted by molar-refractivity contribution is 0.306. The normalized spacial score (nSPS) is 12.9. The average molecular weight is 225 g/mol. The summed E-state index contributed by atoms with van der Waals surface area (Å²) < 4.78 is 5.72. The van der Waals surface area contributed by atoms with Gasteiger partial charge in [-0.3, -0.25) is 0 Å². The number of hydrogen-bond donors (Lipinski definition) is 1. The van der Waals surface area contributed by atoms with E-state index in [9.17, 15) is 0 Å². The Bertz CT molecular complexity index is 508. The largest absolute Gasteiger partial charge is 0.489 e. The molecule has 0 spiro atoms. The molecule has 2 aromatic carbocycles. The van der Waals surface area contributed by atoms with Crippen LogP contribution in [-0.4, -0.2) is 6.54 Å². The van der Waals surface area contributed by atoms with Crippen LogP contribution in [0.5, 0.6) is 5.75 Å². The van der Waals surface area contributed by atoms with Gasteiger partial charge in [0.1, 0.15) is 12.4 Å². The Kier molecular flexibility index (Phi) is 2.70. The number of anilines is 1. The van der Waals surface area contributed by atoms with Crippen LogP contribution in [0.3, 0.4) is 0 Å². The lowest BCUT2D eigenvalue weighted by atomic mass is 10.1. The van der Waals surface area contributed by atoms with Gasteiger partial charge in [0.05, 0.1) is 0 Å². The third kappa shape index (κ3) is 2.26. The van der Waals surface area contributed by atoms with Crippen LogP contribution in [0, 0.1) is 0 Å². The quantitative estimate of drug-likeness (QED) is 0.865. The minimum atomic E-state index is 0.624. The third-order valence-electron chi connectivity index (χ3n) is 3.03. The van der Waals surface area contributed by atoms with Gasteiger partial charge in [-0.1, -0.05) is 30.3 Å². The lowest BCUT2D eigenvalue weighted by Crippen LogP contribution is -1.96. The fourth-order valence-electron chi connectivity index (χ4n) is 2.11. The molecule has 0 fully saturated rings. The van der Waals surface area contributed by atoms with E-state index in [0.29, 0.717) is 6.61 Å². The van der Waals surface area contributed by atoms with Crippen LogP contribution < -0.4 is 10.1 Å². The van der Waals surface area contributed by atoms with Crippen molar-refractivity contribution in [3.63, 3.8) is 0 Å². The summed E-state index contributed by atoms with van der Waals surface area (Å²) in [6.07, 6.45) is 1.13. The fourth-order valence-corrected chi connectivity index (χ4v) is 2.11. The zero-order chi connectivity index (χ0) is 11.5. The molecule has 1 aliphatic rings. The van der Waals surface area contributed by atoms with E-state index in [0.717, 1.165) is 18.7 Å². The molecular weight excluding hydrogens is 210 g/mol. The Hall–Kier alpha value is -1.96. The molecule has 1 N–H and O–H groups in total. The van der Waals surface area contributed by atoms with E-state index in [2.05, 4.69) is 23.5 Å². The second-order valence-corrected chi connectivity index (χ2v) is 4.27. The number of nitrogens with one attached hydrogen (secondary N) is 1. The molecule has 0 aliphatic carbocycles. The topological polar surface area (TPSA) is 21.3 Å². The molecule has 0 saturated heterocycles. The summed E-state index contributed by atoms with van der Waals surface area (Å²) in [5.74, 6) is 0.918. The summed E-state index contributed by atoms with van der Waals surface area (Å²) in [6.45, 7) is 1.68. The SMILES string of the molecule is c1ccc(OCc2ccc3c(c2)NCC3)cc1. The zero-order valence-corrected chi connectivity index (χ0v) is 9.65. The predicted octanol–water partition coefficient (Wildman–Crippen LogP) is 3.23. The Balaban J connectivity index is 1.70. The van der Waals surface area contributed by atoms with Gasteiger partial charge in [0.25, 0.3) is 0 Å². The maximum absolute atomic E-state index is 5.72. The van der Waals surface area contributed by atoms with Crippen LogP contribution in [0.4, 0.5) is 5.69 Å². The molecule has 2 heteroatoms. The van der Waals surface area contributed by atoms with E-state index >= 15 is 0 Å². The van der Waals surface area contributed by atoms with Crippen molar-refractivity contribution >= 4 is 5.69 Å². The second-order valence-electron chi connectivity index (χ2n) is 4.27. The Morgan fingerprint density at radius 3 is 2.82 bits per heavy atom. The zero-order valence-electron chi connectivity index (χ0n) is 9.65. The molecule has 0 saturated carbocycles. The van der Waals surface area contributed by atoms with Crippen LogP contribution in [0.15, 0.2) is 48.5 Å². The summed E-state index contributed by atoms with van der Waals surface area (Å²) in [5.41, 5.74) is 3.88. The highest BCUT2D eigenvalue weighted by Gasteiger charge is 2.09. The molecule has 0 unspecified atom stereocenters. The van der Waals surface area contributed by atoms with Gasteiger partial charge in [-0.25, -0.2) is 0 Å². The van der Waals surface area contributed by atoms with E-state index < -0.39 is 0 Å². The van der Waals surface area contributed by atoms with Crippen molar-refractivity contribution in [1.82, 2.24) is 0 Å². The Morgan fingerprint density at radius 2 is 1.94 bits per heavy atom. The first kappa shape index (κ1) is 10.2. The summed E-state index contributed by atoms with van der Waals surface area (Å²) in [6, 6.07) is 16.4. The van der Waals surface area contributed by atoms with Gasteiger partial charge in [0.2, 0.25) is 0 Å². The molecule has 1 aliphatic heterocycles. The number of benzene rings is 2. The summed E-state index contributed by atoms with van der Waals surface area (Å²) in [4.78, 5) is 0. The molecular formula is C15H15NO. The van der Waals surface area contributed by atoms with Gasteiger partial charge in [0, 0.05) is 12.2 Å². The van der Waals surface area contributed by atoms with Crippen molar-refractivity contribution in [1.29, 1.82) is 0 Å². The Morgan fingerprint density at radius 1 is 1.06 bits per heavy atom. The second kappa shape index (κ2) is 4.50. The monoisotopic (exact) mass is 225 g/mol. The highest BCUT2D eigenvalue weighted by Crippen LogP contribution is 2.23. The molecule has 0 amide bonds. The lowest BCUT2D eigenvalue weighted by Gasteiger charge is -2.07. The fraction of sp³-hybridized carbons (Fsp3) is 0.200. The van der Waals surface area contributed by atoms with Crippen LogP contribution in [0.2, 0.25) is 0 Å². The van der Waals surface area contributed by atoms with E-state index in [-0.39, 0.29) is 0 Å². The maximum Gasteiger partial charge on any atom is 0.119 e. The van der Waals surface area contributed by atoms with Gasteiger partial charge in [-0.15, -0.1) is 0 Å². The van der Waals surface area contributed by atoms with Crippen molar-refractivity contribution in [2.24, 2.45) is 0 Å². The minimum absolute atomic E-state index is 0.624. The predicted molar refractivity (Wildman–Crippen MR) is 69.4 cm³/mol. The summed E-state index contributed by atoms with van der Waals surface area (Å²) in [5, 5.41) is 3.38. The number of rotatable bonds is 3. The molecule has 2 nitrogen and oxygen atoms in total. The van der Waals surface area contributed by atoms with E-state index in [4.69, 9.17) is 4.74 Å². The van der Waals surface area contributed by atoms with Crippen molar-refractivity contribution in [2.45, 2.75) is 13.0 Å². The minimum Gasteiger partial charge on any atom is -0.489 e. The molecule has 0 bridgehead atoms. The molecule has 17 heavy (non-hydrogen) atoms. The van der Waals surface area contributed by atoms with Gasteiger partial charge in [0.15, 0.2) is 0 Å². The molecule has 0 radical (unpaired) electrons. The molecule has 0 aromatic heterocycles. The Labute approximate surface area is 101 Å². The average Bonchev–Trinajstić information content (AvgIpc) is 2.85. The number of para-hydroxylation sites is 1. The van der Waals surface area contributed by atoms with Gasteiger partial charge < -0.3 is 10.1 Å². The van der Waals surface area contributed by atoms with E-state index in [1.165, 1.54) is 16.8 Å². The first-order valence-electron chi connectivity index (χ1n) is 5.95. The van der Waals surface area contributed by atoms with E-state index in [1.807, 2.05) is 30.3 Å². The van der Waals surface area contributed by atoms with Crippen molar-refractivity contribution in [2.75, 3.05) is 11.9 Å². The number of fused-ring (bicyclic) bond motifs is 1. The van der Waals surface area contributed by atoms with Gasteiger partial charge >= 0.3 is 0 Å². The van der Waals surface area contributed by atoms with Crippen molar-refractivity contribution < 1.29 is 4.74 Å². The smallest absolute Gasteiger partial charge is 0.119 e. The molecule has 2 aromatic rings. The standard InChI is InChI=1S/C15H15NO/c1-2-4-14(5-3-1)17-11-12-6-7-13-8-9-16-15(13)10-12/h1-7,10,16H,8-9,11H2. The number of ether oxygens (including phenoxy) is 1. The van der Waals surface area contributed by atoms with Crippen LogP contribution in [0.25, 0.3) is 0 Å². The first-order valence-corrected chi connectivity index (χ1v) is 5.95. The van der Waals surface area contributed by atoms with Crippen LogP contribution in [-0.2, 0) is 13.0 Å². The number of hydrogen-bond acceptors (Lipinski definition) is 2. The molecule has 1 heterocycles. The summed E-state index contributed by atoms with van der Waals surface area (Å²) in [7, 11) is 0. The van der Waals surface area contributed by atoms with Crippen molar-refractivity contribution in [3.8, 4) is 5.75 Å². The molecule has 3 rings (SSSR count). The molecule has 86 valence electrons. The van der Waals surface area contributed by atoms with Crippen molar-refractivity contribution in [3.05, 3.63) is 59.7 Å². The van der Waals surface area contributed by atoms with Crippen LogP contribution in [0.1, 0.15) is 11.1 Å². The third-order valence-corrected chi connectivity index (χ3v) is 3.03. The first-order chi connectivity index (χ1) is 8.42. The molecule has 0 atom stereocenters. The van der Waals surface area contributed by atoms with Gasteiger partial charge in [-0.05, 0) is 35.7 Å². The van der Waals surface area contributed by atoms with E-state index in [1.54, 1.807) is 0 Å². The maximum atomic E-state index is 5.72. The van der Waals surface area contributed by atoms with Crippen LogP contribution >= 0.6 is 0 Å². The highest BCUT2D eigenvalue weighted by molar-refractivity contribution is 5.56. The highest BCUT2D eigenvalue weighted by atomic mass is 16.5. The summed E-state index contributed by atoms with van der Waals surface area (Å²) >= 11 is 0. The van der Waals surface area contributed by atoms with Gasteiger partial charge in [-0.2, -0.15) is 0 Å².